The van der Waals surface area contributed by atoms with Crippen molar-refractivity contribution in [1.29, 1.82) is 0 Å². The van der Waals surface area contributed by atoms with E-state index >= 15 is 0 Å². The molecule has 4 heteroatoms. The molecule has 1 aliphatic rings. The van der Waals surface area contributed by atoms with E-state index in [0.29, 0.717) is 11.1 Å². The fourth-order valence-electron chi connectivity index (χ4n) is 2.41. The van der Waals surface area contributed by atoms with Gasteiger partial charge in [-0.25, -0.2) is 0 Å². The molecule has 1 aromatic rings. The lowest BCUT2D eigenvalue weighted by Gasteiger charge is -2.44. The largest absolute Gasteiger partial charge is 0.486 e. The topological polar surface area (TPSA) is 30.5 Å². The van der Waals surface area contributed by atoms with Gasteiger partial charge in [-0.15, -0.1) is 0 Å². The summed E-state index contributed by atoms with van der Waals surface area (Å²) < 4.78 is 11.9. The lowest BCUT2D eigenvalue weighted by Crippen LogP contribution is -2.61. The zero-order valence-electron chi connectivity index (χ0n) is 12.3. The average Bonchev–Trinajstić information content (AvgIpc) is 2.44. The highest BCUT2D eigenvalue weighted by atomic mass is 35.5. The Morgan fingerprint density at radius 1 is 1.25 bits per heavy atom. The van der Waals surface area contributed by atoms with Crippen molar-refractivity contribution in [2.24, 2.45) is 0 Å². The van der Waals surface area contributed by atoms with Gasteiger partial charge in [0.2, 0.25) is 0 Å². The van der Waals surface area contributed by atoms with Gasteiger partial charge in [0, 0.05) is 19.1 Å². The molecule has 2 rings (SSSR count). The van der Waals surface area contributed by atoms with Gasteiger partial charge in [0.25, 0.3) is 0 Å². The molecule has 112 valence electrons. The van der Waals surface area contributed by atoms with Crippen molar-refractivity contribution in [2.45, 2.75) is 51.4 Å². The second-order valence-electron chi connectivity index (χ2n) is 5.22. The monoisotopic (exact) mass is 297 g/mol. The highest BCUT2D eigenvalue weighted by molar-refractivity contribution is 6.32. The first-order valence-corrected chi connectivity index (χ1v) is 7.90. The van der Waals surface area contributed by atoms with Crippen LogP contribution in [-0.4, -0.2) is 31.4 Å². The first kappa shape index (κ1) is 15.6. The predicted molar refractivity (Wildman–Crippen MR) is 82.6 cm³/mol. The van der Waals surface area contributed by atoms with Crippen molar-refractivity contribution >= 4 is 11.6 Å². The third-order valence-electron chi connectivity index (χ3n) is 3.54. The predicted octanol–water partition coefficient (Wildman–Crippen LogP) is 3.65. The Balaban J connectivity index is 1.92. The zero-order chi connectivity index (χ0) is 14.4. The van der Waals surface area contributed by atoms with E-state index in [0.717, 1.165) is 38.2 Å². The molecule has 0 heterocycles. The van der Waals surface area contributed by atoms with Crippen molar-refractivity contribution in [3.63, 3.8) is 0 Å². The van der Waals surface area contributed by atoms with Crippen LogP contribution in [0.2, 0.25) is 5.02 Å². The summed E-state index contributed by atoms with van der Waals surface area (Å²) in [5, 5.41) is 4.18. The lowest BCUT2D eigenvalue weighted by atomic mass is 9.85. The maximum atomic E-state index is 6.14. The lowest BCUT2D eigenvalue weighted by molar-refractivity contribution is -0.107. The highest BCUT2D eigenvalue weighted by Gasteiger charge is 2.43. The number of halogens is 1. The highest BCUT2D eigenvalue weighted by Crippen LogP contribution is 2.32. The van der Waals surface area contributed by atoms with Gasteiger partial charge >= 0.3 is 0 Å². The molecule has 1 fully saturated rings. The standard InChI is InChI=1S/C16H24ClNO2/c1-3-9-18-13-11-15(16(13)19-10-4-2)20-14-8-6-5-7-12(14)17/h5-8,13,15-16,18H,3-4,9-11H2,1-2H3. The molecule has 20 heavy (non-hydrogen) atoms. The molecule has 0 amide bonds. The van der Waals surface area contributed by atoms with E-state index in [1.54, 1.807) is 0 Å². The Hall–Kier alpha value is -0.770. The summed E-state index contributed by atoms with van der Waals surface area (Å²) in [6.45, 7) is 6.09. The molecule has 1 aromatic carbocycles. The summed E-state index contributed by atoms with van der Waals surface area (Å²) in [6, 6.07) is 8.01. The molecule has 1 aliphatic carbocycles. The van der Waals surface area contributed by atoms with Gasteiger partial charge in [-0.1, -0.05) is 37.6 Å². The SMILES string of the molecule is CCCNC1CC(Oc2ccccc2Cl)C1OCCC. The van der Waals surface area contributed by atoms with Crippen LogP contribution in [0, 0.1) is 0 Å². The summed E-state index contributed by atoms with van der Waals surface area (Å²) in [7, 11) is 0. The minimum absolute atomic E-state index is 0.0933. The van der Waals surface area contributed by atoms with Gasteiger partial charge in [-0.3, -0.25) is 0 Å². The molecular weight excluding hydrogens is 274 g/mol. The molecule has 0 bridgehead atoms. The van der Waals surface area contributed by atoms with E-state index in [2.05, 4.69) is 19.2 Å². The molecule has 0 spiro atoms. The van der Waals surface area contributed by atoms with Gasteiger partial charge in [0.05, 0.1) is 5.02 Å². The summed E-state index contributed by atoms with van der Waals surface area (Å²) in [4.78, 5) is 0. The van der Waals surface area contributed by atoms with Crippen molar-refractivity contribution in [3.05, 3.63) is 29.3 Å². The smallest absolute Gasteiger partial charge is 0.138 e. The van der Waals surface area contributed by atoms with Gasteiger partial charge in [0.1, 0.15) is 18.0 Å². The summed E-state index contributed by atoms with van der Waals surface area (Å²) in [5.74, 6) is 0.748. The van der Waals surface area contributed by atoms with Gasteiger partial charge in [0.15, 0.2) is 0 Å². The number of hydrogen-bond donors (Lipinski definition) is 1. The number of rotatable bonds is 8. The molecular formula is C16H24ClNO2. The van der Waals surface area contributed by atoms with E-state index in [-0.39, 0.29) is 12.2 Å². The Kier molecular flexibility index (Phi) is 6.14. The minimum Gasteiger partial charge on any atom is -0.486 e. The van der Waals surface area contributed by atoms with Crippen LogP contribution in [0.3, 0.4) is 0 Å². The Bertz CT molecular complexity index is 413. The molecule has 3 nitrogen and oxygen atoms in total. The molecule has 3 atom stereocenters. The van der Waals surface area contributed by atoms with Crippen molar-refractivity contribution in [1.82, 2.24) is 5.32 Å². The number of benzene rings is 1. The van der Waals surface area contributed by atoms with Crippen LogP contribution in [-0.2, 0) is 4.74 Å². The molecule has 0 radical (unpaired) electrons. The van der Waals surface area contributed by atoms with Gasteiger partial charge < -0.3 is 14.8 Å². The molecule has 3 unspecified atom stereocenters. The molecule has 1 saturated carbocycles. The zero-order valence-corrected chi connectivity index (χ0v) is 13.0. The van der Waals surface area contributed by atoms with E-state index in [1.165, 1.54) is 0 Å². The molecule has 1 N–H and O–H groups in total. The fourth-order valence-corrected chi connectivity index (χ4v) is 2.59. The number of nitrogens with one attached hydrogen (secondary N) is 1. The number of hydrogen-bond acceptors (Lipinski definition) is 3. The van der Waals surface area contributed by atoms with Crippen LogP contribution in [0.15, 0.2) is 24.3 Å². The normalized spacial score (nSPS) is 25.2. The average molecular weight is 298 g/mol. The molecule has 0 aromatic heterocycles. The van der Waals surface area contributed by atoms with Crippen molar-refractivity contribution < 1.29 is 9.47 Å². The van der Waals surface area contributed by atoms with Crippen molar-refractivity contribution in [2.75, 3.05) is 13.2 Å². The second-order valence-corrected chi connectivity index (χ2v) is 5.63. The minimum atomic E-state index is 0.0933. The van der Waals surface area contributed by atoms with E-state index < -0.39 is 0 Å². The van der Waals surface area contributed by atoms with Crippen LogP contribution in [0.4, 0.5) is 0 Å². The Labute approximate surface area is 126 Å². The summed E-state index contributed by atoms with van der Waals surface area (Å²) in [5.41, 5.74) is 0. The van der Waals surface area contributed by atoms with Crippen LogP contribution in [0.25, 0.3) is 0 Å². The third-order valence-corrected chi connectivity index (χ3v) is 3.85. The first-order chi connectivity index (χ1) is 9.76. The maximum Gasteiger partial charge on any atom is 0.138 e. The van der Waals surface area contributed by atoms with Crippen LogP contribution in [0.5, 0.6) is 5.75 Å². The molecule has 0 aliphatic heterocycles. The first-order valence-electron chi connectivity index (χ1n) is 7.52. The Morgan fingerprint density at radius 2 is 2.05 bits per heavy atom. The van der Waals surface area contributed by atoms with E-state index in [1.807, 2.05) is 24.3 Å². The van der Waals surface area contributed by atoms with Crippen LogP contribution >= 0.6 is 11.6 Å². The van der Waals surface area contributed by atoms with Gasteiger partial charge in [-0.05, 0) is 31.5 Å². The van der Waals surface area contributed by atoms with Gasteiger partial charge in [-0.2, -0.15) is 0 Å². The quantitative estimate of drug-likeness (QED) is 0.794. The molecule has 0 saturated heterocycles. The van der Waals surface area contributed by atoms with E-state index in [9.17, 15) is 0 Å². The number of ether oxygens (including phenoxy) is 2. The third kappa shape index (κ3) is 3.87. The fraction of sp³-hybridized carbons (Fsp3) is 0.625. The van der Waals surface area contributed by atoms with Crippen molar-refractivity contribution in [3.8, 4) is 5.75 Å². The second kappa shape index (κ2) is 7.87. The number of para-hydroxylation sites is 1. The Morgan fingerprint density at radius 3 is 2.75 bits per heavy atom. The van der Waals surface area contributed by atoms with E-state index in [4.69, 9.17) is 21.1 Å². The maximum absolute atomic E-state index is 6.14. The van der Waals surface area contributed by atoms with Crippen LogP contribution < -0.4 is 10.1 Å². The summed E-state index contributed by atoms with van der Waals surface area (Å²) in [6.07, 6.45) is 3.34. The van der Waals surface area contributed by atoms with Crippen LogP contribution in [0.1, 0.15) is 33.1 Å². The summed E-state index contributed by atoms with van der Waals surface area (Å²) >= 11 is 6.14.